The molecule has 2 heterocycles. The van der Waals surface area contributed by atoms with Gasteiger partial charge in [-0.05, 0) is 76.4 Å². The molecular formula is C23H29N3O. The van der Waals surface area contributed by atoms with E-state index in [1.54, 1.807) is 13.3 Å². The number of nitrogens with zero attached hydrogens (tertiary/aromatic N) is 3. The predicted octanol–water partition coefficient (Wildman–Crippen LogP) is 5.56. The van der Waals surface area contributed by atoms with Crippen LogP contribution in [-0.4, -0.2) is 29.9 Å². The SMILES string of the molecule is COc1ccc(N=Cc2cc3c(cc2C)N(C(C)C)C(C)(C)C=C3C)cn1. The Morgan fingerprint density at radius 3 is 2.52 bits per heavy atom. The molecule has 1 aromatic heterocycles. The summed E-state index contributed by atoms with van der Waals surface area (Å²) in [6.07, 6.45) is 6.00. The minimum atomic E-state index is 0.00204. The van der Waals surface area contributed by atoms with Gasteiger partial charge in [0.25, 0.3) is 0 Å². The molecule has 4 nitrogen and oxygen atoms in total. The van der Waals surface area contributed by atoms with Gasteiger partial charge in [-0.15, -0.1) is 0 Å². The van der Waals surface area contributed by atoms with Gasteiger partial charge in [-0.2, -0.15) is 0 Å². The Balaban J connectivity index is 2.00. The van der Waals surface area contributed by atoms with Crippen molar-refractivity contribution < 1.29 is 4.74 Å². The van der Waals surface area contributed by atoms with E-state index in [2.05, 4.69) is 74.6 Å². The third kappa shape index (κ3) is 3.75. The first-order valence-electron chi connectivity index (χ1n) is 9.41. The highest BCUT2D eigenvalue weighted by Gasteiger charge is 2.33. The zero-order chi connectivity index (χ0) is 19.8. The quantitative estimate of drug-likeness (QED) is 0.668. The highest BCUT2D eigenvalue weighted by Crippen LogP contribution is 2.41. The third-order valence-electron chi connectivity index (χ3n) is 5.06. The molecule has 1 aliphatic heterocycles. The van der Waals surface area contributed by atoms with Crippen LogP contribution in [0, 0.1) is 6.92 Å². The number of aliphatic imine (C=N–C) groups is 1. The fraction of sp³-hybridized carbons (Fsp3) is 0.391. The normalized spacial score (nSPS) is 15.9. The summed E-state index contributed by atoms with van der Waals surface area (Å²) in [6.45, 7) is 13.4. The number of aromatic nitrogens is 1. The molecule has 142 valence electrons. The molecule has 0 radical (unpaired) electrons. The standard InChI is InChI=1S/C23H29N3O/c1-15(2)26-21-10-16(3)18(11-20(21)17(4)12-23(26,5)6)13-24-19-8-9-22(27-7)25-14-19/h8-15H,1-7H3. The van der Waals surface area contributed by atoms with Crippen LogP contribution in [0.25, 0.3) is 5.57 Å². The number of hydrogen-bond acceptors (Lipinski definition) is 4. The lowest BCUT2D eigenvalue weighted by molar-refractivity contribution is 0.398. The number of methoxy groups -OCH3 is 1. The van der Waals surface area contributed by atoms with Gasteiger partial charge in [0.15, 0.2) is 0 Å². The van der Waals surface area contributed by atoms with Crippen molar-refractivity contribution in [3.63, 3.8) is 0 Å². The summed E-state index contributed by atoms with van der Waals surface area (Å²) in [6, 6.07) is 8.70. The van der Waals surface area contributed by atoms with Gasteiger partial charge >= 0.3 is 0 Å². The van der Waals surface area contributed by atoms with Gasteiger partial charge in [0.2, 0.25) is 5.88 Å². The zero-order valence-electron chi connectivity index (χ0n) is 17.4. The number of benzene rings is 1. The Hall–Kier alpha value is -2.62. The number of aryl methyl sites for hydroxylation is 1. The van der Waals surface area contributed by atoms with Gasteiger partial charge in [0.1, 0.15) is 0 Å². The van der Waals surface area contributed by atoms with E-state index in [-0.39, 0.29) is 5.54 Å². The molecule has 0 amide bonds. The minimum Gasteiger partial charge on any atom is -0.481 e. The Morgan fingerprint density at radius 1 is 1.19 bits per heavy atom. The summed E-state index contributed by atoms with van der Waals surface area (Å²) in [5.74, 6) is 0.594. The summed E-state index contributed by atoms with van der Waals surface area (Å²) in [5, 5.41) is 0. The van der Waals surface area contributed by atoms with Gasteiger partial charge < -0.3 is 9.64 Å². The van der Waals surface area contributed by atoms with Crippen LogP contribution in [0.3, 0.4) is 0 Å². The number of anilines is 1. The van der Waals surface area contributed by atoms with Crippen LogP contribution >= 0.6 is 0 Å². The van der Waals surface area contributed by atoms with Crippen LogP contribution < -0.4 is 9.64 Å². The van der Waals surface area contributed by atoms with Gasteiger partial charge in [0.05, 0.1) is 24.5 Å². The van der Waals surface area contributed by atoms with Crippen LogP contribution in [0.4, 0.5) is 11.4 Å². The average Bonchev–Trinajstić information content (AvgIpc) is 2.59. The van der Waals surface area contributed by atoms with E-state index < -0.39 is 0 Å². The molecule has 0 spiro atoms. The molecule has 4 heteroatoms. The zero-order valence-corrected chi connectivity index (χ0v) is 17.4. The second-order valence-corrected chi connectivity index (χ2v) is 7.99. The molecule has 0 atom stereocenters. The first-order chi connectivity index (χ1) is 12.7. The highest BCUT2D eigenvalue weighted by atomic mass is 16.5. The monoisotopic (exact) mass is 363 g/mol. The largest absolute Gasteiger partial charge is 0.481 e. The van der Waals surface area contributed by atoms with Crippen molar-refractivity contribution in [2.45, 2.75) is 53.1 Å². The maximum Gasteiger partial charge on any atom is 0.213 e. The van der Waals surface area contributed by atoms with Crippen molar-refractivity contribution in [2.75, 3.05) is 12.0 Å². The van der Waals surface area contributed by atoms with Crippen LogP contribution in [-0.2, 0) is 0 Å². The molecule has 3 rings (SSSR count). The molecule has 0 unspecified atom stereocenters. The van der Waals surface area contributed by atoms with Crippen molar-refractivity contribution in [1.29, 1.82) is 0 Å². The van der Waals surface area contributed by atoms with Crippen molar-refractivity contribution in [1.82, 2.24) is 4.98 Å². The fourth-order valence-electron chi connectivity index (χ4n) is 4.01. The van der Waals surface area contributed by atoms with E-state index in [4.69, 9.17) is 4.74 Å². The number of ether oxygens (including phenoxy) is 1. The Bertz CT molecular complexity index is 893. The third-order valence-corrected chi connectivity index (χ3v) is 5.06. The van der Waals surface area contributed by atoms with Crippen LogP contribution in [0.5, 0.6) is 5.88 Å². The van der Waals surface area contributed by atoms with Crippen molar-refractivity contribution in [2.24, 2.45) is 4.99 Å². The second-order valence-electron chi connectivity index (χ2n) is 7.99. The summed E-state index contributed by atoms with van der Waals surface area (Å²) in [4.78, 5) is 11.3. The average molecular weight is 364 g/mol. The van der Waals surface area contributed by atoms with E-state index in [0.717, 1.165) is 11.3 Å². The molecule has 0 bridgehead atoms. The Labute approximate surface area is 162 Å². The molecule has 0 fully saturated rings. The summed E-state index contributed by atoms with van der Waals surface area (Å²) < 4.78 is 5.10. The maximum atomic E-state index is 5.10. The second kappa shape index (κ2) is 7.18. The molecule has 0 saturated heterocycles. The van der Waals surface area contributed by atoms with E-state index in [0.29, 0.717) is 11.9 Å². The summed E-state index contributed by atoms with van der Waals surface area (Å²) in [7, 11) is 1.61. The molecular weight excluding hydrogens is 334 g/mol. The number of rotatable bonds is 4. The van der Waals surface area contributed by atoms with E-state index in [1.165, 1.54) is 22.4 Å². The molecule has 2 aromatic rings. The first-order valence-corrected chi connectivity index (χ1v) is 9.41. The van der Waals surface area contributed by atoms with Gasteiger partial charge in [0, 0.05) is 29.6 Å². The molecule has 1 aliphatic rings. The van der Waals surface area contributed by atoms with Crippen molar-refractivity contribution in [3.05, 3.63) is 53.2 Å². The van der Waals surface area contributed by atoms with E-state index in [1.807, 2.05) is 18.3 Å². The molecule has 1 aromatic carbocycles. The van der Waals surface area contributed by atoms with E-state index >= 15 is 0 Å². The lowest BCUT2D eigenvalue weighted by Crippen LogP contribution is -2.49. The fourth-order valence-corrected chi connectivity index (χ4v) is 4.01. The molecule has 0 N–H and O–H groups in total. The first kappa shape index (κ1) is 19.2. The van der Waals surface area contributed by atoms with Crippen molar-refractivity contribution >= 4 is 23.2 Å². The Morgan fingerprint density at radius 2 is 1.93 bits per heavy atom. The lowest BCUT2D eigenvalue weighted by atomic mass is 9.86. The number of pyridine rings is 1. The Kier molecular flexibility index (Phi) is 5.09. The van der Waals surface area contributed by atoms with Crippen LogP contribution in [0.1, 0.15) is 51.3 Å². The highest BCUT2D eigenvalue weighted by molar-refractivity contribution is 5.90. The minimum absolute atomic E-state index is 0.00204. The van der Waals surface area contributed by atoms with E-state index in [9.17, 15) is 0 Å². The number of fused-ring (bicyclic) bond motifs is 1. The van der Waals surface area contributed by atoms with Gasteiger partial charge in [-0.25, -0.2) is 4.98 Å². The van der Waals surface area contributed by atoms with Crippen molar-refractivity contribution in [3.8, 4) is 5.88 Å². The lowest BCUT2D eigenvalue weighted by Gasteiger charge is -2.46. The molecule has 27 heavy (non-hydrogen) atoms. The number of hydrogen-bond donors (Lipinski definition) is 0. The van der Waals surface area contributed by atoms with Crippen LogP contribution in [0.15, 0.2) is 41.5 Å². The van der Waals surface area contributed by atoms with Gasteiger partial charge in [-0.3, -0.25) is 4.99 Å². The summed E-state index contributed by atoms with van der Waals surface area (Å²) in [5.41, 5.74) is 7.05. The maximum absolute atomic E-state index is 5.10. The predicted molar refractivity (Wildman–Crippen MR) is 115 cm³/mol. The molecule has 0 aliphatic carbocycles. The summed E-state index contributed by atoms with van der Waals surface area (Å²) >= 11 is 0. The van der Waals surface area contributed by atoms with Crippen LogP contribution in [0.2, 0.25) is 0 Å². The topological polar surface area (TPSA) is 37.7 Å². The smallest absolute Gasteiger partial charge is 0.213 e. The van der Waals surface area contributed by atoms with Gasteiger partial charge in [-0.1, -0.05) is 6.08 Å². The molecule has 0 saturated carbocycles. The number of allylic oxidation sites excluding steroid dienone is 1.